The zero-order chi connectivity index (χ0) is 12.3. The third-order valence-corrected chi connectivity index (χ3v) is 2.25. The summed E-state index contributed by atoms with van der Waals surface area (Å²) >= 11 is 5.78. The van der Waals surface area contributed by atoms with E-state index in [4.69, 9.17) is 22.1 Å². The Kier molecular flexibility index (Phi) is 3.68. The molecular formula is C11H11ClN2O2. The molecule has 0 saturated heterocycles. The molecule has 0 fully saturated rings. The molecule has 0 aliphatic carbocycles. The molecule has 1 amide bonds. The van der Waals surface area contributed by atoms with Crippen LogP contribution in [-0.2, 0) is 0 Å². The number of aliphatic imine (C=N–C) groups is 1. The van der Waals surface area contributed by atoms with Crippen LogP contribution >= 0.6 is 11.6 Å². The molecule has 2 N–H and O–H groups in total. The number of halogens is 1. The summed E-state index contributed by atoms with van der Waals surface area (Å²) in [5.41, 5.74) is 6.43. The number of nitrogens with two attached hydrogens (primary N) is 1. The Bertz CT molecular complexity index is 469. The van der Waals surface area contributed by atoms with Gasteiger partial charge in [0.1, 0.15) is 5.75 Å². The zero-order valence-electron chi connectivity index (χ0n) is 8.79. The van der Waals surface area contributed by atoms with Crippen LogP contribution in [0, 0.1) is 0 Å². The minimum Gasteiger partial charge on any atom is -0.496 e. The SMILES string of the molecule is C=Nc1cc(OC)c(C(N)=O)cc1C(=C)Cl. The van der Waals surface area contributed by atoms with Gasteiger partial charge in [0.15, 0.2) is 0 Å². The number of ether oxygens (including phenoxy) is 1. The standard InChI is InChI=1S/C11H11ClN2O2/c1-6(12)7-4-8(11(13)15)10(16-3)5-9(7)14-2/h4-5H,1-2H2,3H3,(H2,13,15). The Morgan fingerprint density at radius 2 is 2.12 bits per heavy atom. The van der Waals surface area contributed by atoms with Gasteiger partial charge in [0, 0.05) is 16.7 Å². The lowest BCUT2D eigenvalue weighted by molar-refractivity contribution is 0.0997. The maximum atomic E-state index is 11.2. The van der Waals surface area contributed by atoms with Gasteiger partial charge < -0.3 is 10.5 Å². The van der Waals surface area contributed by atoms with Crippen LogP contribution in [0.5, 0.6) is 5.75 Å². The summed E-state index contributed by atoms with van der Waals surface area (Å²) in [7, 11) is 1.43. The molecule has 5 heteroatoms. The highest BCUT2D eigenvalue weighted by Gasteiger charge is 2.14. The molecule has 0 unspecified atom stereocenters. The highest BCUT2D eigenvalue weighted by Crippen LogP contribution is 2.34. The van der Waals surface area contributed by atoms with Gasteiger partial charge in [0.05, 0.1) is 18.4 Å². The van der Waals surface area contributed by atoms with Crippen molar-refractivity contribution in [2.75, 3.05) is 7.11 Å². The highest BCUT2D eigenvalue weighted by molar-refractivity contribution is 6.48. The van der Waals surface area contributed by atoms with E-state index in [0.717, 1.165) is 0 Å². The van der Waals surface area contributed by atoms with Crippen LogP contribution in [0.15, 0.2) is 23.7 Å². The average Bonchev–Trinajstić information content (AvgIpc) is 2.26. The van der Waals surface area contributed by atoms with Crippen LogP contribution in [0.4, 0.5) is 5.69 Å². The molecule has 0 spiro atoms. The molecule has 0 aliphatic heterocycles. The number of amides is 1. The summed E-state index contributed by atoms with van der Waals surface area (Å²) < 4.78 is 5.02. The van der Waals surface area contributed by atoms with Gasteiger partial charge in [0.2, 0.25) is 0 Å². The summed E-state index contributed by atoms with van der Waals surface area (Å²) in [5.74, 6) is -0.275. The van der Waals surface area contributed by atoms with Gasteiger partial charge in [-0.05, 0) is 12.8 Å². The molecular weight excluding hydrogens is 228 g/mol. The molecule has 0 bridgehead atoms. The van der Waals surface area contributed by atoms with E-state index >= 15 is 0 Å². The third kappa shape index (κ3) is 2.23. The Morgan fingerprint density at radius 3 is 2.50 bits per heavy atom. The van der Waals surface area contributed by atoms with Gasteiger partial charge >= 0.3 is 0 Å². The first-order valence-corrected chi connectivity index (χ1v) is 4.72. The number of benzene rings is 1. The van der Waals surface area contributed by atoms with Crippen molar-refractivity contribution >= 4 is 34.9 Å². The third-order valence-electron chi connectivity index (χ3n) is 2.05. The number of primary amides is 1. The molecule has 16 heavy (non-hydrogen) atoms. The second-order valence-corrected chi connectivity index (χ2v) is 3.45. The Labute approximate surface area is 98.4 Å². The summed E-state index contributed by atoms with van der Waals surface area (Å²) in [6.45, 7) is 6.98. The van der Waals surface area contributed by atoms with Crippen molar-refractivity contribution in [3.63, 3.8) is 0 Å². The Morgan fingerprint density at radius 1 is 1.50 bits per heavy atom. The predicted molar refractivity (Wildman–Crippen MR) is 65.6 cm³/mol. The van der Waals surface area contributed by atoms with Crippen molar-refractivity contribution in [2.24, 2.45) is 10.7 Å². The minimum absolute atomic E-state index is 0.228. The lowest BCUT2D eigenvalue weighted by Crippen LogP contribution is -2.12. The van der Waals surface area contributed by atoms with Crippen LogP contribution in [0.25, 0.3) is 5.03 Å². The fraction of sp³-hybridized carbons (Fsp3) is 0.0909. The largest absolute Gasteiger partial charge is 0.496 e. The van der Waals surface area contributed by atoms with Crippen molar-refractivity contribution < 1.29 is 9.53 Å². The first-order valence-electron chi connectivity index (χ1n) is 4.34. The van der Waals surface area contributed by atoms with Gasteiger partial charge in [0.25, 0.3) is 5.91 Å². The monoisotopic (exact) mass is 238 g/mol. The fourth-order valence-corrected chi connectivity index (χ4v) is 1.43. The van der Waals surface area contributed by atoms with Crippen LogP contribution in [0.3, 0.4) is 0 Å². The molecule has 0 aromatic heterocycles. The maximum Gasteiger partial charge on any atom is 0.252 e. The highest BCUT2D eigenvalue weighted by atomic mass is 35.5. The molecule has 1 aromatic carbocycles. The van der Waals surface area contributed by atoms with E-state index in [1.54, 1.807) is 0 Å². The number of carbonyl (C=O) groups excluding carboxylic acids is 1. The van der Waals surface area contributed by atoms with Crippen molar-refractivity contribution in [2.45, 2.75) is 0 Å². The quantitative estimate of drug-likeness (QED) is 0.819. The first-order chi connectivity index (χ1) is 7.51. The minimum atomic E-state index is -0.605. The number of methoxy groups -OCH3 is 1. The van der Waals surface area contributed by atoms with Crippen molar-refractivity contribution in [3.05, 3.63) is 29.8 Å². The van der Waals surface area contributed by atoms with Crippen LogP contribution in [0.1, 0.15) is 15.9 Å². The fourth-order valence-electron chi connectivity index (χ4n) is 1.28. The summed E-state index contributed by atoms with van der Waals surface area (Å²) in [6, 6.07) is 3.02. The Balaban J connectivity index is 3.52. The second-order valence-electron chi connectivity index (χ2n) is 3.00. The molecule has 0 aliphatic rings. The first kappa shape index (κ1) is 12.3. The van der Waals surface area contributed by atoms with Gasteiger partial charge in [-0.25, -0.2) is 0 Å². The van der Waals surface area contributed by atoms with Gasteiger partial charge in [-0.15, -0.1) is 0 Å². The lowest BCUT2D eigenvalue weighted by atomic mass is 10.1. The number of rotatable bonds is 4. The molecule has 84 valence electrons. The molecule has 1 aromatic rings. The molecule has 0 radical (unpaired) electrons. The van der Waals surface area contributed by atoms with Crippen molar-refractivity contribution in [3.8, 4) is 5.75 Å². The molecule has 4 nitrogen and oxygen atoms in total. The molecule has 0 saturated carbocycles. The zero-order valence-corrected chi connectivity index (χ0v) is 9.54. The smallest absolute Gasteiger partial charge is 0.252 e. The molecule has 1 rings (SSSR count). The number of hydrogen-bond acceptors (Lipinski definition) is 3. The predicted octanol–water partition coefficient (Wildman–Crippen LogP) is 2.34. The van der Waals surface area contributed by atoms with Gasteiger partial charge in [-0.2, -0.15) is 0 Å². The van der Waals surface area contributed by atoms with Crippen molar-refractivity contribution in [1.82, 2.24) is 0 Å². The number of carbonyl (C=O) groups is 1. The van der Waals surface area contributed by atoms with E-state index in [2.05, 4.69) is 18.3 Å². The van der Waals surface area contributed by atoms with E-state index in [-0.39, 0.29) is 10.6 Å². The van der Waals surface area contributed by atoms with E-state index in [1.165, 1.54) is 19.2 Å². The van der Waals surface area contributed by atoms with Gasteiger partial charge in [-0.1, -0.05) is 18.2 Å². The van der Waals surface area contributed by atoms with E-state index in [9.17, 15) is 4.79 Å². The Hall–Kier alpha value is -1.81. The van der Waals surface area contributed by atoms with E-state index in [0.29, 0.717) is 17.0 Å². The molecule has 0 atom stereocenters. The van der Waals surface area contributed by atoms with Crippen molar-refractivity contribution in [1.29, 1.82) is 0 Å². The van der Waals surface area contributed by atoms with Gasteiger partial charge in [-0.3, -0.25) is 9.79 Å². The van der Waals surface area contributed by atoms with Crippen LogP contribution < -0.4 is 10.5 Å². The van der Waals surface area contributed by atoms with Crippen LogP contribution in [-0.4, -0.2) is 19.7 Å². The summed E-state index contributed by atoms with van der Waals surface area (Å²) in [4.78, 5) is 15.0. The summed E-state index contributed by atoms with van der Waals surface area (Å²) in [6.07, 6.45) is 0. The molecule has 0 heterocycles. The number of hydrogen-bond donors (Lipinski definition) is 1. The topological polar surface area (TPSA) is 64.7 Å². The maximum absolute atomic E-state index is 11.2. The summed E-state index contributed by atoms with van der Waals surface area (Å²) in [5, 5.41) is 0.257. The lowest BCUT2D eigenvalue weighted by Gasteiger charge is -2.10. The van der Waals surface area contributed by atoms with E-state index in [1.807, 2.05) is 0 Å². The normalized spacial score (nSPS) is 9.62. The average molecular weight is 239 g/mol. The van der Waals surface area contributed by atoms with Crippen LogP contribution in [0.2, 0.25) is 0 Å². The number of nitrogens with zero attached hydrogens (tertiary/aromatic N) is 1. The van der Waals surface area contributed by atoms with E-state index < -0.39 is 5.91 Å². The second kappa shape index (κ2) is 4.81.